The van der Waals surface area contributed by atoms with Gasteiger partial charge in [0.2, 0.25) is 0 Å². The molecule has 0 bridgehead atoms. The van der Waals surface area contributed by atoms with Gasteiger partial charge < -0.3 is 14.5 Å². The van der Waals surface area contributed by atoms with Gasteiger partial charge in [-0.1, -0.05) is 28.1 Å². The number of halogens is 2. The minimum Gasteiger partial charge on any atom is -0.486 e. The lowest BCUT2D eigenvalue weighted by Crippen LogP contribution is -2.11. The van der Waals surface area contributed by atoms with Gasteiger partial charge in [-0.3, -0.25) is 9.48 Å². The average molecular weight is 531 g/mol. The van der Waals surface area contributed by atoms with Crippen molar-refractivity contribution in [2.75, 3.05) is 5.32 Å². The zero-order valence-electron chi connectivity index (χ0n) is 15.7. The molecule has 0 aliphatic rings. The molecule has 0 aliphatic heterocycles. The summed E-state index contributed by atoms with van der Waals surface area (Å²) in [6, 6.07) is 18.5. The number of nitrogens with zero attached hydrogens (tertiary/aromatic N) is 2. The summed E-state index contributed by atoms with van der Waals surface area (Å²) < 4.78 is 15.0. The highest BCUT2D eigenvalue weighted by molar-refractivity contribution is 9.10. The molecule has 0 saturated heterocycles. The van der Waals surface area contributed by atoms with Crippen LogP contribution >= 0.6 is 31.9 Å². The minimum atomic E-state index is -0.316. The van der Waals surface area contributed by atoms with Gasteiger partial charge in [-0.25, -0.2) is 0 Å². The molecule has 0 saturated carbocycles. The third kappa shape index (κ3) is 5.40. The molecule has 6 nitrogen and oxygen atoms in total. The van der Waals surface area contributed by atoms with Crippen LogP contribution in [0, 0.1) is 0 Å². The molecule has 152 valence electrons. The van der Waals surface area contributed by atoms with Gasteiger partial charge in [0.15, 0.2) is 5.76 Å². The molecule has 4 aromatic rings. The second-order valence-corrected chi connectivity index (χ2v) is 8.35. The molecule has 1 amide bonds. The Hall–Kier alpha value is -2.84. The fourth-order valence-corrected chi connectivity index (χ4v) is 3.41. The normalized spacial score (nSPS) is 10.7. The van der Waals surface area contributed by atoms with E-state index in [0.717, 1.165) is 20.3 Å². The van der Waals surface area contributed by atoms with Crippen molar-refractivity contribution in [1.82, 2.24) is 9.78 Å². The van der Waals surface area contributed by atoms with Gasteiger partial charge in [-0.2, -0.15) is 5.10 Å². The van der Waals surface area contributed by atoms with E-state index in [2.05, 4.69) is 42.3 Å². The summed E-state index contributed by atoms with van der Waals surface area (Å²) in [6.07, 6.45) is 3.63. The maximum atomic E-state index is 12.5. The van der Waals surface area contributed by atoms with Crippen molar-refractivity contribution >= 4 is 43.5 Å². The van der Waals surface area contributed by atoms with E-state index < -0.39 is 0 Å². The number of rotatable bonds is 7. The standard InChI is InChI=1S/C22H17Br2N3O3/c23-16-4-6-19(7-5-16)29-14-20-8-9-21(30-20)22(28)26-18-3-1-2-15(10-18)12-27-13-17(24)11-25-27/h1-11,13H,12,14H2,(H,26,28). The van der Waals surface area contributed by atoms with E-state index in [4.69, 9.17) is 9.15 Å². The molecule has 0 unspecified atom stereocenters. The second-order valence-electron chi connectivity index (χ2n) is 6.52. The monoisotopic (exact) mass is 529 g/mol. The summed E-state index contributed by atoms with van der Waals surface area (Å²) in [7, 11) is 0. The van der Waals surface area contributed by atoms with E-state index >= 15 is 0 Å². The van der Waals surface area contributed by atoms with Crippen LogP contribution in [0.15, 0.2) is 86.4 Å². The molecule has 0 radical (unpaired) electrons. The van der Waals surface area contributed by atoms with Crippen LogP contribution in [0.2, 0.25) is 0 Å². The number of carbonyl (C=O) groups is 1. The lowest BCUT2D eigenvalue weighted by Gasteiger charge is -2.07. The third-order valence-corrected chi connectivity index (χ3v) is 5.15. The van der Waals surface area contributed by atoms with Gasteiger partial charge >= 0.3 is 0 Å². The van der Waals surface area contributed by atoms with E-state index in [0.29, 0.717) is 18.0 Å². The van der Waals surface area contributed by atoms with Crippen molar-refractivity contribution in [1.29, 1.82) is 0 Å². The Morgan fingerprint density at radius 3 is 2.67 bits per heavy atom. The molecular weight excluding hydrogens is 514 g/mol. The van der Waals surface area contributed by atoms with Crippen LogP contribution in [-0.2, 0) is 13.2 Å². The first-order valence-electron chi connectivity index (χ1n) is 9.10. The van der Waals surface area contributed by atoms with Crippen LogP contribution < -0.4 is 10.1 Å². The number of anilines is 1. The van der Waals surface area contributed by atoms with Gasteiger partial charge in [0.05, 0.1) is 17.2 Å². The Bertz CT molecular complexity index is 1150. The molecule has 8 heteroatoms. The Labute approximate surface area is 190 Å². The molecule has 0 atom stereocenters. The molecule has 0 fully saturated rings. The van der Waals surface area contributed by atoms with Crippen LogP contribution in [0.25, 0.3) is 0 Å². The van der Waals surface area contributed by atoms with Gasteiger partial charge in [-0.05, 0) is 70.0 Å². The Morgan fingerprint density at radius 2 is 1.90 bits per heavy atom. The highest BCUT2D eigenvalue weighted by atomic mass is 79.9. The quantitative estimate of drug-likeness (QED) is 0.324. The van der Waals surface area contributed by atoms with E-state index in [-0.39, 0.29) is 18.3 Å². The van der Waals surface area contributed by atoms with Crippen molar-refractivity contribution in [2.24, 2.45) is 0 Å². The zero-order chi connectivity index (χ0) is 20.9. The Kier molecular flexibility index (Phi) is 6.35. The summed E-state index contributed by atoms with van der Waals surface area (Å²) in [5.74, 6) is 1.21. The van der Waals surface area contributed by atoms with Crippen molar-refractivity contribution in [2.45, 2.75) is 13.2 Å². The first-order valence-corrected chi connectivity index (χ1v) is 10.7. The number of hydrogen-bond acceptors (Lipinski definition) is 4. The summed E-state index contributed by atoms with van der Waals surface area (Å²) in [5, 5.41) is 7.11. The summed E-state index contributed by atoms with van der Waals surface area (Å²) in [5.41, 5.74) is 1.71. The molecule has 0 aliphatic carbocycles. The number of benzene rings is 2. The van der Waals surface area contributed by atoms with Crippen LogP contribution in [0.1, 0.15) is 21.9 Å². The molecule has 2 aromatic heterocycles. The van der Waals surface area contributed by atoms with Crippen LogP contribution in [0.3, 0.4) is 0 Å². The highest BCUT2D eigenvalue weighted by Gasteiger charge is 2.12. The van der Waals surface area contributed by atoms with Gasteiger partial charge in [-0.15, -0.1) is 0 Å². The van der Waals surface area contributed by atoms with E-state index in [9.17, 15) is 4.79 Å². The predicted octanol–water partition coefficient (Wildman–Crippen LogP) is 5.88. The zero-order valence-corrected chi connectivity index (χ0v) is 18.9. The summed E-state index contributed by atoms with van der Waals surface area (Å²) in [4.78, 5) is 12.5. The van der Waals surface area contributed by atoms with E-state index in [1.165, 1.54) is 0 Å². The van der Waals surface area contributed by atoms with E-state index in [1.807, 2.05) is 59.4 Å². The lowest BCUT2D eigenvalue weighted by molar-refractivity contribution is 0.0992. The number of ether oxygens (including phenoxy) is 1. The van der Waals surface area contributed by atoms with Gasteiger partial charge in [0.25, 0.3) is 5.91 Å². The number of nitrogens with one attached hydrogen (secondary N) is 1. The smallest absolute Gasteiger partial charge is 0.291 e. The highest BCUT2D eigenvalue weighted by Crippen LogP contribution is 2.19. The number of amides is 1. The fourth-order valence-electron chi connectivity index (χ4n) is 2.81. The Morgan fingerprint density at radius 1 is 1.07 bits per heavy atom. The van der Waals surface area contributed by atoms with Crippen LogP contribution in [-0.4, -0.2) is 15.7 Å². The fraction of sp³-hybridized carbons (Fsp3) is 0.0909. The molecule has 4 rings (SSSR count). The Balaban J connectivity index is 1.36. The number of carbonyl (C=O) groups excluding carboxylic acids is 1. The first kappa shape index (κ1) is 20.4. The molecular formula is C22H17Br2N3O3. The molecule has 0 spiro atoms. The van der Waals surface area contributed by atoms with E-state index in [1.54, 1.807) is 18.3 Å². The van der Waals surface area contributed by atoms with Gasteiger partial charge in [0, 0.05) is 16.4 Å². The van der Waals surface area contributed by atoms with Crippen LogP contribution in [0.5, 0.6) is 5.75 Å². The van der Waals surface area contributed by atoms with Crippen molar-refractivity contribution < 1.29 is 13.9 Å². The summed E-state index contributed by atoms with van der Waals surface area (Å²) >= 11 is 6.77. The number of hydrogen-bond donors (Lipinski definition) is 1. The maximum absolute atomic E-state index is 12.5. The number of furan rings is 1. The predicted molar refractivity (Wildman–Crippen MR) is 121 cm³/mol. The first-order chi connectivity index (χ1) is 14.5. The van der Waals surface area contributed by atoms with Crippen molar-refractivity contribution in [3.8, 4) is 5.75 Å². The third-order valence-electron chi connectivity index (χ3n) is 4.21. The van der Waals surface area contributed by atoms with Gasteiger partial charge in [0.1, 0.15) is 18.1 Å². The molecule has 2 aromatic carbocycles. The molecule has 30 heavy (non-hydrogen) atoms. The average Bonchev–Trinajstić information content (AvgIpc) is 3.37. The number of aromatic nitrogens is 2. The lowest BCUT2D eigenvalue weighted by atomic mass is 10.2. The van der Waals surface area contributed by atoms with Crippen molar-refractivity contribution in [3.05, 3.63) is 99.1 Å². The summed E-state index contributed by atoms with van der Waals surface area (Å²) in [6.45, 7) is 0.845. The largest absolute Gasteiger partial charge is 0.486 e. The SMILES string of the molecule is O=C(Nc1cccc(Cn2cc(Br)cn2)c1)c1ccc(COc2ccc(Br)cc2)o1. The maximum Gasteiger partial charge on any atom is 0.291 e. The minimum absolute atomic E-state index is 0.228. The van der Waals surface area contributed by atoms with Crippen molar-refractivity contribution in [3.63, 3.8) is 0 Å². The topological polar surface area (TPSA) is 69.3 Å². The molecule has 1 N–H and O–H groups in total. The van der Waals surface area contributed by atoms with Crippen LogP contribution in [0.4, 0.5) is 5.69 Å². The second kappa shape index (κ2) is 9.32. The molecule has 2 heterocycles.